The molecule has 3 N–H and O–H groups in total. The number of carboxylic acids is 1. The molecule has 5 nitrogen and oxygen atoms in total. The van der Waals surface area contributed by atoms with E-state index in [0.29, 0.717) is 25.7 Å². The molecule has 0 amide bonds. The molecule has 0 radical (unpaired) electrons. The standard InChI is InChI=1S/C26H33NO4/c1-24(2,3)31-22(28)21(18-25(14-15-25)23(29)30)26(27,16-19-10-6-4-7-11-19)17-20-12-8-5-9-13-20/h4-13,21H,14-18,27H2,1-3H3,(H,29,30). The van der Waals surface area contributed by atoms with Crippen LogP contribution in [0.1, 0.15) is 51.2 Å². The van der Waals surface area contributed by atoms with Crippen molar-refractivity contribution in [2.24, 2.45) is 17.1 Å². The first-order chi connectivity index (χ1) is 14.5. The normalized spacial score (nSPS) is 16.4. The van der Waals surface area contributed by atoms with E-state index in [1.807, 2.05) is 81.4 Å². The predicted molar refractivity (Wildman–Crippen MR) is 120 cm³/mol. The number of ether oxygens (including phenoxy) is 1. The summed E-state index contributed by atoms with van der Waals surface area (Å²) in [5.41, 5.74) is 6.52. The van der Waals surface area contributed by atoms with Crippen molar-refractivity contribution in [3.63, 3.8) is 0 Å². The Balaban J connectivity index is 2.01. The molecule has 2 aromatic rings. The molecule has 3 rings (SSSR count). The van der Waals surface area contributed by atoms with Crippen LogP contribution in [0.2, 0.25) is 0 Å². The molecule has 0 spiro atoms. The van der Waals surface area contributed by atoms with E-state index in [1.165, 1.54) is 0 Å². The highest BCUT2D eigenvalue weighted by atomic mass is 16.6. The fourth-order valence-corrected chi connectivity index (χ4v) is 4.20. The van der Waals surface area contributed by atoms with Gasteiger partial charge in [0.1, 0.15) is 5.60 Å². The van der Waals surface area contributed by atoms with Gasteiger partial charge >= 0.3 is 11.9 Å². The molecule has 0 aromatic heterocycles. The highest BCUT2D eigenvalue weighted by Gasteiger charge is 2.56. The molecule has 31 heavy (non-hydrogen) atoms. The van der Waals surface area contributed by atoms with Crippen LogP contribution in [0.3, 0.4) is 0 Å². The van der Waals surface area contributed by atoms with E-state index in [1.54, 1.807) is 0 Å². The first-order valence-corrected chi connectivity index (χ1v) is 10.9. The number of benzene rings is 2. The number of carbonyl (C=O) groups is 2. The van der Waals surface area contributed by atoms with Crippen LogP contribution in [0.4, 0.5) is 0 Å². The molecular formula is C26H33NO4. The third-order valence-electron chi connectivity index (χ3n) is 6.04. The van der Waals surface area contributed by atoms with E-state index in [0.717, 1.165) is 11.1 Å². The average molecular weight is 424 g/mol. The zero-order chi connectivity index (χ0) is 22.7. The van der Waals surface area contributed by atoms with E-state index in [2.05, 4.69) is 0 Å². The Kier molecular flexibility index (Phi) is 6.56. The Morgan fingerprint density at radius 1 is 0.968 bits per heavy atom. The highest BCUT2D eigenvalue weighted by molar-refractivity contribution is 5.81. The van der Waals surface area contributed by atoms with E-state index in [9.17, 15) is 14.7 Å². The number of nitrogens with two attached hydrogens (primary N) is 1. The van der Waals surface area contributed by atoms with Gasteiger partial charge in [0.05, 0.1) is 11.3 Å². The summed E-state index contributed by atoms with van der Waals surface area (Å²) in [7, 11) is 0. The van der Waals surface area contributed by atoms with Gasteiger partial charge in [0, 0.05) is 5.54 Å². The maximum Gasteiger partial charge on any atom is 0.311 e. The second kappa shape index (κ2) is 8.83. The van der Waals surface area contributed by atoms with Crippen molar-refractivity contribution in [2.75, 3.05) is 0 Å². The van der Waals surface area contributed by atoms with Gasteiger partial charge in [-0.25, -0.2) is 0 Å². The molecule has 1 atom stereocenters. The van der Waals surface area contributed by atoms with Gasteiger partial charge in [0.2, 0.25) is 0 Å². The summed E-state index contributed by atoms with van der Waals surface area (Å²) in [5.74, 6) is -2.03. The average Bonchev–Trinajstić information content (AvgIpc) is 3.47. The summed E-state index contributed by atoms with van der Waals surface area (Å²) in [5, 5.41) is 9.82. The van der Waals surface area contributed by atoms with Crippen molar-refractivity contribution < 1.29 is 19.4 Å². The van der Waals surface area contributed by atoms with Crippen LogP contribution in [0.5, 0.6) is 0 Å². The van der Waals surface area contributed by atoms with Crippen LogP contribution in [0.25, 0.3) is 0 Å². The summed E-state index contributed by atoms with van der Waals surface area (Å²) < 4.78 is 5.76. The summed E-state index contributed by atoms with van der Waals surface area (Å²) in [6.45, 7) is 5.45. The fourth-order valence-electron chi connectivity index (χ4n) is 4.20. The van der Waals surface area contributed by atoms with Gasteiger partial charge in [-0.3, -0.25) is 9.59 Å². The van der Waals surface area contributed by atoms with Crippen LogP contribution < -0.4 is 5.73 Å². The number of carbonyl (C=O) groups excluding carboxylic acids is 1. The summed E-state index contributed by atoms with van der Waals surface area (Å²) in [4.78, 5) is 25.4. The van der Waals surface area contributed by atoms with Crippen molar-refractivity contribution in [3.05, 3.63) is 71.8 Å². The lowest BCUT2D eigenvalue weighted by Gasteiger charge is -2.39. The molecule has 1 aliphatic rings. The Morgan fingerprint density at radius 3 is 1.77 bits per heavy atom. The van der Waals surface area contributed by atoms with Gasteiger partial charge in [-0.15, -0.1) is 0 Å². The smallest absolute Gasteiger partial charge is 0.311 e. The SMILES string of the molecule is CC(C)(C)OC(=O)C(CC1(C(=O)O)CC1)C(N)(Cc1ccccc1)Cc1ccccc1. The molecular weight excluding hydrogens is 390 g/mol. The van der Waals surface area contributed by atoms with E-state index in [-0.39, 0.29) is 6.42 Å². The molecule has 1 unspecified atom stereocenters. The molecule has 1 saturated carbocycles. The molecule has 0 heterocycles. The van der Waals surface area contributed by atoms with Crippen LogP contribution in [-0.4, -0.2) is 28.2 Å². The van der Waals surface area contributed by atoms with Gasteiger partial charge in [-0.2, -0.15) is 0 Å². The lowest BCUT2D eigenvalue weighted by atomic mass is 9.71. The molecule has 166 valence electrons. The molecule has 2 aromatic carbocycles. The van der Waals surface area contributed by atoms with Gasteiger partial charge in [-0.1, -0.05) is 60.7 Å². The molecule has 1 fully saturated rings. The minimum Gasteiger partial charge on any atom is -0.481 e. The third-order valence-corrected chi connectivity index (χ3v) is 6.04. The Hall–Kier alpha value is -2.66. The van der Waals surface area contributed by atoms with Crippen molar-refractivity contribution in [1.29, 1.82) is 0 Å². The van der Waals surface area contributed by atoms with Crippen molar-refractivity contribution in [1.82, 2.24) is 0 Å². The van der Waals surface area contributed by atoms with E-state index in [4.69, 9.17) is 10.5 Å². The molecule has 0 bridgehead atoms. The van der Waals surface area contributed by atoms with Crippen molar-refractivity contribution in [3.8, 4) is 0 Å². The van der Waals surface area contributed by atoms with Crippen LogP contribution >= 0.6 is 0 Å². The first-order valence-electron chi connectivity index (χ1n) is 10.9. The minimum atomic E-state index is -0.990. The van der Waals surface area contributed by atoms with E-state index >= 15 is 0 Å². The topological polar surface area (TPSA) is 89.6 Å². The fraction of sp³-hybridized carbons (Fsp3) is 0.462. The minimum absolute atomic E-state index is 0.188. The monoisotopic (exact) mass is 423 g/mol. The van der Waals surface area contributed by atoms with Gasteiger partial charge < -0.3 is 15.6 Å². The zero-order valence-electron chi connectivity index (χ0n) is 18.6. The number of hydrogen-bond acceptors (Lipinski definition) is 4. The van der Waals surface area contributed by atoms with E-state index < -0.39 is 34.4 Å². The highest BCUT2D eigenvalue weighted by Crippen LogP contribution is 2.53. The summed E-state index contributed by atoms with van der Waals surface area (Å²) in [6, 6.07) is 19.6. The number of carboxylic acid groups (broad SMARTS) is 1. The largest absolute Gasteiger partial charge is 0.481 e. The van der Waals surface area contributed by atoms with Crippen molar-refractivity contribution >= 4 is 11.9 Å². The summed E-state index contributed by atoms with van der Waals surface area (Å²) >= 11 is 0. The number of esters is 1. The van der Waals surface area contributed by atoms with Crippen molar-refractivity contribution in [2.45, 2.75) is 64.0 Å². The second-order valence-electron chi connectivity index (χ2n) is 9.93. The predicted octanol–water partition coefficient (Wildman–Crippen LogP) is 4.38. The van der Waals surface area contributed by atoms with Gasteiger partial charge in [0.15, 0.2) is 0 Å². The molecule has 0 saturated heterocycles. The first kappa shape index (κ1) is 23.0. The molecule has 1 aliphatic carbocycles. The lowest BCUT2D eigenvalue weighted by Crippen LogP contribution is -2.56. The summed E-state index contributed by atoms with van der Waals surface area (Å²) in [6.07, 6.45) is 2.21. The maximum absolute atomic E-state index is 13.4. The number of aliphatic carboxylic acids is 1. The maximum atomic E-state index is 13.4. The third kappa shape index (κ3) is 5.95. The number of hydrogen-bond donors (Lipinski definition) is 2. The van der Waals surface area contributed by atoms with Gasteiger partial charge in [0.25, 0.3) is 0 Å². The molecule has 5 heteroatoms. The zero-order valence-corrected chi connectivity index (χ0v) is 18.6. The lowest BCUT2D eigenvalue weighted by molar-refractivity contribution is -0.164. The quantitative estimate of drug-likeness (QED) is 0.584. The second-order valence-corrected chi connectivity index (χ2v) is 9.93. The van der Waals surface area contributed by atoms with Crippen LogP contribution in [0.15, 0.2) is 60.7 Å². The number of rotatable bonds is 9. The Labute approximate surface area is 184 Å². The van der Waals surface area contributed by atoms with Crippen LogP contribution in [-0.2, 0) is 27.2 Å². The Morgan fingerprint density at radius 2 is 1.42 bits per heavy atom. The van der Waals surface area contributed by atoms with Crippen LogP contribution in [0, 0.1) is 11.3 Å². The van der Waals surface area contributed by atoms with Gasteiger partial charge in [-0.05, 0) is 64.0 Å². The Bertz CT molecular complexity index is 857. The molecule has 0 aliphatic heterocycles.